The van der Waals surface area contributed by atoms with Crippen molar-refractivity contribution in [2.45, 2.75) is 78.6 Å². The summed E-state index contributed by atoms with van der Waals surface area (Å²) in [6.45, 7) is 20.7. The molecule has 80 heavy (non-hydrogen) atoms. The van der Waals surface area contributed by atoms with Crippen LogP contribution >= 0.6 is 0 Å². The number of fused-ring (bicyclic) bond motifs is 16. The summed E-state index contributed by atoms with van der Waals surface area (Å²) in [5.41, 5.74) is 30.9. The minimum absolute atomic E-state index is 0.0343. The fraction of sp³-hybridized carbons (Fsp3) is 0.158. The summed E-state index contributed by atoms with van der Waals surface area (Å²) < 4.78 is 0. The number of aryl methyl sites for hydroxylation is 3. The van der Waals surface area contributed by atoms with Gasteiger partial charge in [0.25, 0.3) is 6.71 Å². The highest BCUT2D eigenvalue weighted by Crippen LogP contribution is 2.66. The number of rotatable bonds is 5. The number of anilines is 9. The first-order chi connectivity index (χ1) is 38.7. The second-order valence-electron chi connectivity index (χ2n) is 25.0. The van der Waals surface area contributed by atoms with Crippen molar-refractivity contribution in [1.29, 1.82) is 0 Å². The van der Waals surface area contributed by atoms with Crippen LogP contribution in [0.25, 0.3) is 33.0 Å². The molecule has 1 atom stereocenters. The number of nitrogens with zero attached hydrogens (tertiary/aromatic N) is 3. The standard InChI is InChI=1S/C76H64BN3/c1-47-41-70-73-71(42-47)79(52-25-11-10-12-26-52)69-45-61-58(44-64(69)77(73)63-43-51(75(7,8)9)37-40-67(63)78(70)53-38-35-50(36-39-53)74(4,5)6)54-27-17-19-31-59(54)76(61)60-32-20-18-30-57(60)72-56-29-16-15-28-55(56)68(46-62(72)76)80(65-33-21-13-23-48(65)2)66-34-22-14-24-49(66)3/h10-46H,1-9H3. The smallest absolute Gasteiger partial charge is 0.252 e. The van der Waals surface area contributed by atoms with Gasteiger partial charge in [-0.25, -0.2) is 0 Å². The van der Waals surface area contributed by atoms with Gasteiger partial charge in [0.15, 0.2) is 0 Å². The lowest BCUT2D eigenvalue weighted by Crippen LogP contribution is -2.61. The first-order valence-corrected chi connectivity index (χ1v) is 28.6. The SMILES string of the molecule is Cc1cc2c3c(c1)N(c1ccccc1)c1cc4c(cc1B3c1cc(C(C)(C)C)ccc1N2c1ccc(C(C)(C)C)cc1)-c1ccccc1C41c2ccccc2-c2c1cc(N(c1ccccc1C)c1ccccc1C)c1ccccc21. The van der Waals surface area contributed by atoms with Gasteiger partial charge in [0.05, 0.1) is 11.1 Å². The summed E-state index contributed by atoms with van der Waals surface area (Å²) in [5.74, 6) is 0. The van der Waals surface area contributed by atoms with E-state index in [1.54, 1.807) is 0 Å². The van der Waals surface area contributed by atoms with Crippen molar-refractivity contribution in [3.05, 3.63) is 275 Å². The van der Waals surface area contributed by atoms with Gasteiger partial charge in [0.2, 0.25) is 0 Å². The molecular formula is C76H64BN3. The molecule has 3 nitrogen and oxygen atoms in total. The van der Waals surface area contributed by atoms with Crippen molar-refractivity contribution in [2.24, 2.45) is 0 Å². The zero-order valence-electron chi connectivity index (χ0n) is 47.3. The molecule has 2 heterocycles. The fourth-order valence-electron chi connectivity index (χ4n) is 14.5. The van der Waals surface area contributed by atoms with Gasteiger partial charge in [-0.15, -0.1) is 0 Å². The third-order valence-electron chi connectivity index (χ3n) is 18.2. The van der Waals surface area contributed by atoms with Crippen LogP contribution in [-0.4, -0.2) is 6.71 Å². The average molecular weight is 1030 g/mol. The van der Waals surface area contributed by atoms with Crippen molar-refractivity contribution < 1.29 is 0 Å². The molecule has 386 valence electrons. The maximum Gasteiger partial charge on any atom is 0.252 e. The Morgan fingerprint density at radius 3 is 1.55 bits per heavy atom. The highest BCUT2D eigenvalue weighted by molar-refractivity contribution is 7.00. The molecule has 11 aromatic rings. The van der Waals surface area contributed by atoms with Gasteiger partial charge in [-0.1, -0.05) is 199 Å². The van der Waals surface area contributed by atoms with Crippen molar-refractivity contribution in [2.75, 3.05) is 14.7 Å². The predicted molar refractivity (Wildman–Crippen MR) is 341 cm³/mol. The van der Waals surface area contributed by atoms with Crippen LogP contribution in [0.1, 0.15) is 91.6 Å². The molecule has 2 aliphatic heterocycles. The molecule has 2 aliphatic carbocycles. The van der Waals surface area contributed by atoms with Crippen LogP contribution in [-0.2, 0) is 16.2 Å². The summed E-state index contributed by atoms with van der Waals surface area (Å²) >= 11 is 0. The summed E-state index contributed by atoms with van der Waals surface area (Å²) in [4.78, 5) is 7.72. The second-order valence-corrected chi connectivity index (χ2v) is 25.0. The second kappa shape index (κ2) is 17.3. The Balaban J connectivity index is 1.06. The van der Waals surface area contributed by atoms with Gasteiger partial charge in [-0.3, -0.25) is 0 Å². The van der Waals surface area contributed by atoms with Gasteiger partial charge in [-0.2, -0.15) is 0 Å². The Labute approximate surface area is 472 Å². The van der Waals surface area contributed by atoms with E-state index in [0.29, 0.717) is 0 Å². The van der Waals surface area contributed by atoms with E-state index in [1.165, 1.54) is 145 Å². The van der Waals surface area contributed by atoms with Crippen LogP contribution < -0.4 is 31.1 Å². The van der Waals surface area contributed by atoms with Crippen LogP contribution in [0.5, 0.6) is 0 Å². The summed E-state index contributed by atoms with van der Waals surface area (Å²) in [6, 6.07) is 86.3. The normalized spacial score (nSPS) is 15.3. The highest BCUT2D eigenvalue weighted by atomic mass is 15.2. The molecule has 0 amide bonds. The van der Waals surface area contributed by atoms with E-state index >= 15 is 0 Å². The lowest BCUT2D eigenvalue weighted by Gasteiger charge is -2.45. The molecule has 4 aliphatic rings. The summed E-state index contributed by atoms with van der Waals surface area (Å²) in [5, 5.41) is 2.48. The van der Waals surface area contributed by atoms with Crippen LogP contribution in [0.2, 0.25) is 0 Å². The van der Waals surface area contributed by atoms with Gasteiger partial charge < -0.3 is 14.7 Å². The molecule has 0 saturated carbocycles. The van der Waals surface area contributed by atoms with Crippen molar-refractivity contribution in [1.82, 2.24) is 0 Å². The van der Waals surface area contributed by atoms with E-state index in [4.69, 9.17) is 0 Å². The lowest BCUT2D eigenvalue weighted by molar-refractivity contribution is 0.590. The molecule has 4 heteroatoms. The summed E-state index contributed by atoms with van der Waals surface area (Å²) in [6.07, 6.45) is 0. The third kappa shape index (κ3) is 6.81. The molecule has 15 rings (SSSR count). The van der Waals surface area contributed by atoms with Crippen LogP contribution in [0, 0.1) is 20.8 Å². The molecule has 1 unspecified atom stereocenters. The van der Waals surface area contributed by atoms with Gasteiger partial charge in [0.1, 0.15) is 0 Å². The molecule has 0 saturated heterocycles. The Hall–Kier alpha value is -8.86. The van der Waals surface area contributed by atoms with E-state index in [-0.39, 0.29) is 17.5 Å². The topological polar surface area (TPSA) is 9.72 Å². The Morgan fingerprint density at radius 2 is 0.900 bits per heavy atom. The molecule has 0 radical (unpaired) electrons. The Morgan fingerprint density at radius 1 is 0.375 bits per heavy atom. The minimum Gasteiger partial charge on any atom is -0.311 e. The molecule has 0 N–H and O–H groups in total. The number of hydrogen-bond acceptors (Lipinski definition) is 3. The van der Waals surface area contributed by atoms with Crippen LogP contribution in [0.15, 0.2) is 224 Å². The van der Waals surface area contributed by atoms with Crippen molar-refractivity contribution >= 4 is 85.1 Å². The van der Waals surface area contributed by atoms with Gasteiger partial charge >= 0.3 is 0 Å². The molecule has 0 fully saturated rings. The zero-order chi connectivity index (χ0) is 54.6. The van der Waals surface area contributed by atoms with E-state index in [9.17, 15) is 0 Å². The number of hydrogen-bond donors (Lipinski definition) is 0. The van der Waals surface area contributed by atoms with E-state index in [2.05, 4.69) is 301 Å². The monoisotopic (exact) mass is 1030 g/mol. The van der Waals surface area contributed by atoms with E-state index < -0.39 is 5.41 Å². The molecule has 1 spiro atoms. The number of para-hydroxylation sites is 3. The lowest BCUT2D eigenvalue weighted by atomic mass is 9.33. The maximum atomic E-state index is 2.65. The first kappa shape index (κ1) is 48.3. The van der Waals surface area contributed by atoms with E-state index in [0.717, 1.165) is 5.69 Å². The summed E-state index contributed by atoms with van der Waals surface area (Å²) in [7, 11) is 0. The third-order valence-corrected chi connectivity index (χ3v) is 18.2. The largest absolute Gasteiger partial charge is 0.311 e. The fourth-order valence-corrected chi connectivity index (χ4v) is 14.5. The average Bonchev–Trinajstić information content (AvgIpc) is 4.12. The molecular weight excluding hydrogens is 966 g/mol. The Kier molecular flexibility index (Phi) is 10.5. The van der Waals surface area contributed by atoms with Gasteiger partial charge in [-0.05, 0) is 192 Å². The molecule has 0 bridgehead atoms. The van der Waals surface area contributed by atoms with Crippen LogP contribution in [0.3, 0.4) is 0 Å². The van der Waals surface area contributed by atoms with Crippen LogP contribution in [0.4, 0.5) is 51.2 Å². The molecule has 0 aromatic heterocycles. The zero-order valence-corrected chi connectivity index (χ0v) is 47.3. The number of benzene rings is 11. The minimum atomic E-state index is -0.658. The highest BCUT2D eigenvalue weighted by Gasteiger charge is 2.54. The quantitative estimate of drug-likeness (QED) is 0.159. The Bertz CT molecular complexity index is 4340. The molecule has 11 aromatic carbocycles. The van der Waals surface area contributed by atoms with E-state index in [1.807, 2.05) is 0 Å². The van der Waals surface area contributed by atoms with Crippen molar-refractivity contribution in [3.63, 3.8) is 0 Å². The maximum absolute atomic E-state index is 2.65. The van der Waals surface area contributed by atoms with Gasteiger partial charge in [0, 0.05) is 50.9 Å². The van der Waals surface area contributed by atoms with Crippen molar-refractivity contribution in [3.8, 4) is 22.3 Å². The first-order valence-electron chi connectivity index (χ1n) is 28.6. The predicted octanol–water partition coefficient (Wildman–Crippen LogP) is 18.3.